The molecule has 17 heavy (non-hydrogen) atoms. The maximum Gasteiger partial charge on any atom is 0.277 e. The van der Waals surface area contributed by atoms with Crippen LogP contribution in [0.25, 0.3) is 0 Å². The van der Waals surface area contributed by atoms with E-state index in [0.29, 0.717) is 11.5 Å². The van der Waals surface area contributed by atoms with Gasteiger partial charge < -0.3 is 5.32 Å². The molecule has 0 fully saturated rings. The molecule has 2 heterocycles. The summed E-state index contributed by atoms with van der Waals surface area (Å²) < 4.78 is 1.67. The summed E-state index contributed by atoms with van der Waals surface area (Å²) in [5.74, 6) is 0.296. The highest BCUT2D eigenvalue weighted by atomic mass is 16.2. The van der Waals surface area contributed by atoms with Gasteiger partial charge in [0.1, 0.15) is 5.82 Å². The molecule has 5 heteroatoms. The first-order valence-electron chi connectivity index (χ1n) is 5.32. The Balaban J connectivity index is 2.17. The van der Waals surface area contributed by atoms with Gasteiger partial charge in [-0.1, -0.05) is 6.07 Å². The van der Waals surface area contributed by atoms with Gasteiger partial charge in [-0.2, -0.15) is 5.10 Å². The molecule has 5 nitrogen and oxygen atoms in total. The molecule has 1 amide bonds. The normalized spacial score (nSPS) is 10.3. The van der Waals surface area contributed by atoms with E-state index in [4.69, 9.17) is 0 Å². The van der Waals surface area contributed by atoms with Crippen molar-refractivity contribution in [1.82, 2.24) is 14.8 Å². The average Bonchev–Trinajstić information content (AvgIpc) is 2.59. The van der Waals surface area contributed by atoms with Crippen LogP contribution in [0.5, 0.6) is 0 Å². The summed E-state index contributed by atoms with van der Waals surface area (Å²) in [7, 11) is 1.80. The zero-order chi connectivity index (χ0) is 12.4. The molecule has 0 aliphatic rings. The molecule has 0 aliphatic carbocycles. The zero-order valence-corrected chi connectivity index (χ0v) is 10.1. The van der Waals surface area contributed by atoms with Gasteiger partial charge in [0.25, 0.3) is 5.91 Å². The molecular weight excluding hydrogens is 216 g/mol. The third-order valence-corrected chi connectivity index (χ3v) is 2.48. The third kappa shape index (κ3) is 2.50. The van der Waals surface area contributed by atoms with E-state index in [-0.39, 0.29) is 5.91 Å². The number of carbonyl (C=O) groups is 1. The lowest BCUT2D eigenvalue weighted by molar-refractivity contribution is 0.102. The molecule has 2 rings (SSSR count). The summed E-state index contributed by atoms with van der Waals surface area (Å²) in [4.78, 5) is 16.1. The predicted octanol–water partition coefficient (Wildman–Crippen LogP) is 1.68. The summed E-state index contributed by atoms with van der Waals surface area (Å²) >= 11 is 0. The minimum absolute atomic E-state index is 0.244. The van der Waals surface area contributed by atoms with Crippen LogP contribution in [-0.2, 0) is 7.05 Å². The smallest absolute Gasteiger partial charge is 0.277 e. The number of nitrogens with one attached hydrogen (secondary N) is 1. The Morgan fingerprint density at radius 2 is 2.12 bits per heavy atom. The van der Waals surface area contributed by atoms with Gasteiger partial charge >= 0.3 is 0 Å². The summed E-state index contributed by atoms with van der Waals surface area (Å²) in [6.07, 6.45) is 0. The van der Waals surface area contributed by atoms with Gasteiger partial charge in [0.05, 0.1) is 0 Å². The van der Waals surface area contributed by atoms with Gasteiger partial charge in [0.2, 0.25) is 0 Å². The van der Waals surface area contributed by atoms with Gasteiger partial charge in [0, 0.05) is 18.4 Å². The van der Waals surface area contributed by atoms with Crippen molar-refractivity contribution < 1.29 is 4.79 Å². The summed E-state index contributed by atoms with van der Waals surface area (Å²) in [6, 6.07) is 7.22. The minimum atomic E-state index is -0.244. The molecule has 0 aromatic carbocycles. The Hall–Kier alpha value is -2.17. The van der Waals surface area contributed by atoms with Crippen molar-refractivity contribution >= 4 is 11.7 Å². The van der Waals surface area contributed by atoms with Crippen LogP contribution in [0.1, 0.15) is 21.9 Å². The number of hydrogen-bond donors (Lipinski definition) is 1. The Bertz CT molecular complexity index is 540. The Labute approximate surface area is 99.5 Å². The molecule has 0 bridgehead atoms. The van der Waals surface area contributed by atoms with Crippen molar-refractivity contribution in [2.75, 3.05) is 5.32 Å². The molecule has 0 spiro atoms. The van der Waals surface area contributed by atoms with Crippen molar-refractivity contribution in [3.63, 3.8) is 0 Å². The lowest BCUT2D eigenvalue weighted by atomic mass is 10.3. The van der Waals surface area contributed by atoms with Crippen molar-refractivity contribution in [3.8, 4) is 0 Å². The van der Waals surface area contributed by atoms with E-state index in [1.807, 2.05) is 26.0 Å². The molecule has 0 atom stereocenters. The molecule has 1 N–H and O–H groups in total. The second kappa shape index (κ2) is 4.37. The lowest BCUT2D eigenvalue weighted by Gasteiger charge is -2.02. The van der Waals surface area contributed by atoms with Crippen LogP contribution in [0.2, 0.25) is 0 Å². The standard InChI is InChI=1S/C12H14N4O/c1-8-5-4-6-11(13-8)14-12(17)10-7-9(2)16(3)15-10/h4-7H,1-3H3,(H,13,14,17). The van der Waals surface area contributed by atoms with E-state index in [9.17, 15) is 4.79 Å². The fourth-order valence-electron chi connectivity index (χ4n) is 1.46. The van der Waals surface area contributed by atoms with E-state index in [1.165, 1.54) is 0 Å². The maximum atomic E-state index is 11.9. The fourth-order valence-corrected chi connectivity index (χ4v) is 1.46. The van der Waals surface area contributed by atoms with Crippen LogP contribution in [0, 0.1) is 13.8 Å². The van der Waals surface area contributed by atoms with E-state index < -0.39 is 0 Å². The SMILES string of the molecule is Cc1cccc(NC(=O)c2cc(C)n(C)n2)n1. The first-order valence-corrected chi connectivity index (χ1v) is 5.32. The zero-order valence-electron chi connectivity index (χ0n) is 10.1. The van der Waals surface area contributed by atoms with E-state index in [1.54, 1.807) is 23.9 Å². The number of aromatic nitrogens is 3. The van der Waals surface area contributed by atoms with Crippen molar-refractivity contribution in [1.29, 1.82) is 0 Å². The topological polar surface area (TPSA) is 59.8 Å². The Morgan fingerprint density at radius 3 is 2.71 bits per heavy atom. The van der Waals surface area contributed by atoms with Gasteiger partial charge in [-0.3, -0.25) is 9.48 Å². The fraction of sp³-hybridized carbons (Fsp3) is 0.250. The first-order chi connectivity index (χ1) is 8.06. The number of amides is 1. The number of hydrogen-bond acceptors (Lipinski definition) is 3. The molecular formula is C12H14N4O. The number of pyridine rings is 1. The van der Waals surface area contributed by atoms with Gasteiger partial charge in [-0.15, -0.1) is 0 Å². The first kappa shape index (κ1) is 11.3. The van der Waals surface area contributed by atoms with Crippen LogP contribution in [0.4, 0.5) is 5.82 Å². The number of anilines is 1. The molecule has 0 radical (unpaired) electrons. The monoisotopic (exact) mass is 230 g/mol. The third-order valence-electron chi connectivity index (χ3n) is 2.48. The quantitative estimate of drug-likeness (QED) is 0.854. The molecule has 2 aromatic rings. The highest BCUT2D eigenvalue weighted by molar-refractivity contribution is 6.02. The van der Waals surface area contributed by atoms with Crippen LogP contribution >= 0.6 is 0 Å². The molecule has 88 valence electrons. The predicted molar refractivity (Wildman–Crippen MR) is 64.9 cm³/mol. The van der Waals surface area contributed by atoms with Crippen LogP contribution < -0.4 is 5.32 Å². The largest absolute Gasteiger partial charge is 0.305 e. The molecule has 0 unspecified atom stereocenters. The lowest BCUT2D eigenvalue weighted by Crippen LogP contribution is -2.14. The second-order valence-corrected chi connectivity index (χ2v) is 3.91. The average molecular weight is 230 g/mol. The number of rotatable bonds is 2. The Kier molecular flexibility index (Phi) is 2.91. The number of carbonyl (C=O) groups excluding carboxylic acids is 1. The van der Waals surface area contributed by atoms with Crippen LogP contribution in [0.3, 0.4) is 0 Å². The van der Waals surface area contributed by atoms with Crippen molar-refractivity contribution in [3.05, 3.63) is 41.3 Å². The minimum Gasteiger partial charge on any atom is -0.305 e. The van der Waals surface area contributed by atoms with E-state index in [0.717, 1.165) is 11.4 Å². The highest BCUT2D eigenvalue weighted by Crippen LogP contribution is 2.07. The summed E-state index contributed by atoms with van der Waals surface area (Å²) in [6.45, 7) is 3.77. The van der Waals surface area contributed by atoms with Gasteiger partial charge in [-0.05, 0) is 32.0 Å². The Morgan fingerprint density at radius 1 is 1.35 bits per heavy atom. The highest BCUT2D eigenvalue weighted by Gasteiger charge is 2.11. The number of aryl methyl sites for hydroxylation is 3. The summed E-state index contributed by atoms with van der Waals surface area (Å²) in [5.41, 5.74) is 2.20. The second-order valence-electron chi connectivity index (χ2n) is 3.91. The molecule has 2 aromatic heterocycles. The van der Waals surface area contributed by atoms with Gasteiger partial charge in [0.15, 0.2) is 5.69 Å². The van der Waals surface area contributed by atoms with Crippen LogP contribution in [-0.4, -0.2) is 20.7 Å². The summed E-state index contributed by atoms with van der Waals surface area (Å²) in [5, 5.41) is 6.82. The van der Waals surface area contributed by atoms with Crippen LogP contribution in [0.15, 0.2) is 24.3 Å². The van der Waals surface area contributed by atoms with E-state index in [2.05, 4.69) is 15.4 Å². The molecule has 0 saturated carbocycles. The van der Waals surface area contributed by atoms with Crippen molar-refractivity contribution in [2.45, 2.75) is 13.8 Å². The molecule has 0 aliphatic heterocycles. The molecule has 0 saturated heterocycles. The van der Waals surface area contributed by atoms with Gasteiger partial charge in [-0.25, -0.2) is 4.98 Å². The number of nitrogens with zero attached hydrogens (tertiary/aromatic N) is 3. The van der Waals surface area contributed by atoms with Crippen molar-refractivity contribution in [2.24, 2.45) is 7.05 Å². The maximum absolute atomic E-state index is 11.9. The van der Waals surface area contributed by atoms with E-state index >= 15 is 0 Å².